The smallest absolute Gasteiger partial charge is 0.215 e. The van der Waals surface area contributed by atoms with Crippen molar-refractivity contribution in [3.8, 4) is 22.4 Å². The lowest BCUT2D eigenvalue weighted by molar-refractivity contribution is 0.399. The summed E-state index contributed by atoms with van der Waals surface area (Å²) in [7, 11) is 1.52. The van der Waals surface area contributed by atoms with Gasteiger partial charge in [0, 0.05) is 16.5 Å². The van der Waals surface area contributed by atoms with Crippen LogP contribution in [0.2, 0.25) is 0 Å². The summed E-state index contributed by atoms with van der Waals surface area (Å²) in [6.45, 7) is 0. The van der Waals surface area contributed by atoms with Gasteiger partial charge in [-0.25, -0.2) is 0 Å². The number of hydrogen-bond donors (Lipinski definition) is 1. The van der Waals surface area contributed by atoms with Crippen LogP contribution in [0, 0.1) is 11.3 Å². The Morgan fingerprint density at radius 2 is 2.38 bits per heavy atom. The summed E-state index contributed by atoms with van der Waals surface area (Å²) in [4.78, 5) is 4.95. The Balaban J connectivity index is 2.67. The van der Waals surface area contributed by atoms with Crippen molar-refractivity contribution in [2.75, 3.05) is 12.8 Å². The number of nitriles is 1. The molecule has 0 fully saturated rings. The number of aromatic nitrogens is 1. The first kappa shape index (κ1) is 10.5. The minimum atomic E-state index is 0.199. The molecule has 0 aliphatic rings. The highest BCUT2D eigenvalue weighted by atomic mass is 32.1. The van der Waals surface area contributed by atoms with Crippen molar-refractivity contribution in [3.63, 3.8) is 0 Å². The van der Waals surface area contributed by atoms with E-state index in [1.807, 2.05) is 17.5 Å². The molecular formula is C11H9N3OS. The molecule has 0 unspecified atom stereocenters. The van der Waals surface area contributed by atoms with Crippen LogP contribution in [0.4, 0.5) is 5.82 Å². The summed E-state index contributed by atoms with van der Waals surface area (Å²) >= 11 is 1.54. The Morgan fingerprint density at radius 3 is 2.94 bits per heavy atom. The van der Waals surface area contributed by atoms with E-state index >= 15 is 0 Å². The van der Waals surface area contributed by atoms with E-state index in [-0.39, 0.29) is 5.82 Å². The molecule has 2 N–H and O–H groups in total. The number of nitrogens with two attached hydrogens (primary N) is 1. The second kappa shape index (κ2) is 4.21. The molecule has 0 aromatic carbocycles. The summed E-state index contributed by atoms with van der Waals surface area (Å²) in [6, 6.07) is 7.64. The standard InChI is InChI=1S/C11H9N3OS/c1-15-10-5-7(9-3-2-4-16-9)8(6-12)11(13)14-10/h2-5H,1H3,(H2,13,14). The molecule has 80 valence electrons. The minimum Gasteiger partial charge on any atom is -0.481 e. The summed E-state index contributed by atoms with van der Waals surface area (Å²) in [5.41, 5.74) is 6.86. The lowest BCUT2D eigenvalue weighted by atomic mass is 10.1. The monoisotopic (exact) mass is 231 g/mol. The molecule has 0 atom stereocenters. The van der Waals surface area contributed by atoms with Crippen LogP contribution in [0.5, 0.6) is 5.88 Å². The fourth-order valence-electron chi connectivity index (χ4n) is 1.39. The molecule has 0 saturated heterocycles. The maximum atomic E-state index is 9.06. The predicted octanol–water partition coefficient (Wildman–Crippen LogP) is 2.27. The van der Waals surface area contributed by atoms with Gasteiger partial charge in [-0.05, 0) is 11.4 Å². The van der Waals surface area contributed by atoms with Crippen LogP contribution in [0.15, 0.2) is 23.6 Å². The number of thiophene rings is 1. The summed E-state index contributed by atoms with van der Waals surface area (Å²) in [5.74, 6) is 0.616. The van der Waals surface area contributed by atoms with Crippen molar-refractivity contribution in [1.82, 2.24) is 4.98 Å². The lowest BCUT2D eigenvalue weighted by Gasteiger charge is -2.06. The molecule has 0 radical (unpaired) electrons. The van der Waals surface area contributed by atoms with Gasteiger partial charge in [0.1, 0.15) is 17.5 Å². The minimum absolute atomic E-state index is 0.199. The maximum Gasteiger partial charge on any atom is 0.215 e. The molecule has 0 aliphatic heterocycles. The van der Waals surface area contributed by atoms with Crippen molar-refractivity contribution in [2.24, 2.45) is 0 Å². The average molecular weight is 231 g/mol. The van der Waals surface area contributed by atoms with E-state index in [0.29, 0.717) is 11.4 Å². The second-order valence-electron chi connectivity index (χ2n) is 3.06. The van der Waals surface area contributed by atoms with Crippen LogP contribution < -0.4 is 10.5 Å². The third-order valence-electron chi connectivity index (χ3n) is 2.13. The zero-order valence-corrected chi connectivity index (χ0v) is 9.41. The van der Waals surface area contributed by atoms with E-state index in [9.17, 15) is 0 Å². The molecule has 2 aromatic heterocycles. The number of ether oxygens (including phenoxy) is 1. The van der Waals surface area contributed by atoms with Gasteiger partial charge in [-0.3, -0.25) is 0 Å². The Kier molecular flexibility index (Phi) is 2.75. The topological polar surface area (TPSA) is 71.9 Å². The Bertz CT molecular complexity index is 543. The molecule has 2 rings (SSSR count). The molecule has 0 aliphatic carbocycles. The molecular weight excluding hydrogens is 222 g/mol. The first-order chi connectivity index (χ1) is 7.76. The van der Waals surface area contributed by atoms with Gasteiger partial charge in [0.05, 0.1) is 7.11 Å². The van der Waals surface area contributed by atoms with Crippen LogP contribution in [0.3, 0.4) is 0 Å². The van der Waals surface area contributed by atoms with Gasteiger partial charge >= 0.3 is 0 Å². The summed E-state index contributed by atoms with van der Waals surface area (Å²) in [6.07, 6.45) is 0. The number of hydrogen-bond acceptors (Lipinski definition) is 5. The molecule has 0 amide bonds. The zero-order chi connectivity index (χ0) is 11.5. The van der Waals surface area contributed by atoms with Crippen LogP contribution in [-0.2, 0) is 0 Å². The van der Waals surface area contributed by atoms with Gasteiger partial charge < -0.3 is 10.5 Å². The molecule has 0 spiro atoms. The van der Waals surface area contributed by atoms with E-state index in [4.69, 9.17) is 15.7 Å². The zero-order valence-electron chi connectivity index (χ0n) is 8.60. The largest absolute Gasteiger partial charge is 0.481 e. The van der Waals surface area contributed by atoms with Gasteiger partial charge in [0.25, 0.3) is 0 Å². The Morgan fingerprint density at radius 1 is 1.56 bits per heavy atom. The van der Waals surface area contributed by atoms with Gasteiger partial charge in [0.2, 0.25) is 5.88 Å². The highest BCUT2D eigenvalue weighted by molar-refractivity contribution is 7.13. The Hall–Kier alpha value is -2.06. The van der Waals surface area contributed by atoms with Gasteiger partial charge in [0.15, 0.2) is 0 Å². The number of nitrogens with zero attached hydrogens (tertiary/aromatic N) is 2. The second-order valence-corrected chi connectivity index (χ2v) is 4.01. The fourth-order valence-corrected chi connectivity index (χ4v) is 2.14. The molecule has 0 bridgehead atoms. The average Bonchev–Trinajstić information content (AvgIpc) is 2.81. The number of rotatable bonds is 2. The normalized spacial score (nSPS) is 9.75. The van der Waals surface area contributed by atoms with E-state index < -0.39 is 0 Å². The first-order valence-corrected chi connectivity index (χ1v) is 5.42. The van der Waals surface area contributed by atoms with Crippen molar-refractivity contribution >= 4 is 17.2 Å². The van der Waals surface area contributed by atoms with E-state index in [1.165, 1.54) is 7.11 Å². The van der Waals surface area contributed by atoms with Crippen molar-refractivity contribution in [3.05, 3.63) is 29.1 Å². The molecule has 16 heavy (non-hydrogen) atoms. The van der Waals surface area contributed by atoms with Crippen LogP contribution in [0.25, 0.3) is 10.4 Å². The first-order valence-electron chi connectivity index (χ1n) is 4.54. The molecule has 0 saturated carbocycles. The third-order valence-corrected chi connectivity index (χ3v) is 3.03. The van der Waals surface area contributed by atoms with Gasteiger partial charge in [-0.1, -0.05) is 6.07 Å². The van der Waals surface area contributed by atoms with Crippen LogP contribution in [-0.4, -0.2) is 12.1 Å². The van der Waals surface area contributed by atoms with Crippen molar-refractivity contribution in [1.29, 1.82) is 5.26 Å². The number of anilines is 1. The maximum absolute atomic E-state index is 9.06. The molecule has 2 aromatic rings. The molecule has 5 heteroatoms. The van der Waals surface area contributed by atoms with Gasteiger partial charge in [-0.2, -0.15) is 10.2 Å². The van der Waals surface area contributed by atoms with Crippen molar-refractivity contribution in [2.45, 2.75) is 0 Å². The van der Waals surface area contributed by atoms with Gasteiger partial charge in [-0.15, -0.1) is 11.3 Å². The van der Waals surface area contributed by atoms with Crippen LogP contribution >= 0.6 is 11.3 Å². The molecule has 2 heterocycles. The quantitative estimate of drug-likeness (QED) is 0.860. The highest BCUT2D eigenvalue weighted by Gasteiger charge is 2.12. The predicted molar refractivity (Wildman–Crippen MR) is 63.2 cm³/mol. The highest BCUT2D eigenvalue weighted by Crippen LogP contribution is 2.32. The number of nitrogen functional groups attached to an aromatic ring is 1. The SMILES string of the molecule is COc1cc(-c2cccs2)c(C#N)c(N)n1. The fraction of sp³-hybridized carbons (Fsp3) is 0.0909. The lowest BCUT2D eigenvalue weighted by Crippen LogP contribution is -1.99. The van der Waals surface area contributed by atoms with Crippen LogP contribution in [0.1, 0.15) is 5.56 Å². The third kappa shape index (κ3) is 1.71. The summed E-state index contributed by atoms with van der Waals surface area (Å²) in [5, 5.41) is 11.0. The van der Waals surface area contributed by atoms with E-state index in [0.717, 1.165) is 10.4 Å². The number of pyridine rings is 1. The number of methoxy groups -OCH3 is 1. The summed E-state index contributed by atoms with van der Waals surface area (Å²) < 4.78 is 5.04. The van der Waals surface area contributed by atoms with Crippen molar-refractivity contribution < 1.29 is 4.74 Å². The molecule has 4 nitrogen and oxygen atoms in total. The Labute approximate surface area is 96.9 Å². The van der Waals surface area contributed by atoms with E-state index in [2.05, 4.69) is 11.1 Å². The van der Waals surface area contributed by atoms with E-state index in [1.54, 1.807) is 17.4 Å².